The van der Waals surface area contributed by atoms with Crippen molar-refractivity contribution in [2.24, 2.45) is 0 Å². The molecule has 0 spiro atoms. The summed E-state index contributed by atoms with van der Waals surface area (Å²) in [5.41, 5.74) is 0.845. The number of rotatable bonds is 4. The van der Waals surface area contributed by atoms with E-state index in [0.29, 0.717) is 27.3 Å². The van der Waals surface area contributed by atoms with Gasteiger partial charge < -0.3 is 9.47 Å². The fourth-order valence-corrected chi connectivity index (χ4v) is 3.22. The highest BCUT2D eigenvalue weighted by Gasteiger charge is 2.30. The zero-order valence-corrected chi connectivity index (χ0v) is 13.1. The number of carbonyl (C=O) groups excluding carboxylic acids is 1. The third-order valence-electron chi connectivity index (χ3n) is 2.86. The Kier molecular flexibility index (Phi) is 4.67. The van der Waals surface area contributed by atoms with E-state index in [9.17, 15) is 4.79 Å². The first-order valence-corrected chi connectivity index (χ1v) is 7.30. The number of hydrogen-bond donors (Lipinski definition) is 0. The SMILES string of the molecule is CCN1C(=O)C(=Cc2cc(OC)cc(OC)c2)SC1=S. The Morgan fingerprint density at radius 3 is 2.30 bits per heavy atom. The lowest BCUT2D eigenvalue weighted by atomic mass is 10.2. The topological polar surface area (TPSA) is 38.8 Å². The molecule has 1 heterocycles. The normalized spacial score (nSPS) is 16.9. The summed E-state index contributed by atoms with van der Waals surface area (Å²) in [4.78, 5) is 14.4. The van der Waals surface area contributed by atoms with E-state index in [1.165, 1.54) is 11.8 Å². The second-order valence-corrected chi connectivity index (χ2v) is 5.75. The fraction of sp³-hybridized carbons (Fsp3) is 0.286. The predicted molar refractivity (Wildman–Crippen MR) is 85.1 cm³/mol. The van der Waals surface area contributed by atoms with E-state index in [1.54, 1.807) is 31.3 Å². The van der Waals surface area contributed by atoms with Crippen LogP contribution in [-0.2, 0) is 4.79 Å². The van der Waals surface area contributed by atoms with Crippen LogP contribution in [0.2, 0.25) is 0 Å². The number of hydrogen-bond acceptors (Lipinski definition) is 5. The maximum absolute atomic E-state index is 12.1. The van der Waals surface area contributed by atoms with Crippen LogP contribution in [0, 0.1) is 0 Å². The highest BCUT2D eigenvalue weighted by atomic mass is 32.2. The Balaban J connectivity index is 2.36. The van der Waals surface area contributed by atoms with Crippen LogP contribution in [0.1, 0.15) is 12.5 Å². The molecule has 1 amide bonds. The monoisotopic (exact) mass is 309 g/mol. The van der Waals surface area contributed by atoms with Gasteiger partial charge in [-0.25, -0.2) is 0 Å². The zero-order valence-electron chi connectivity index (χ0n) is 11.5. The van der Waals surface area contributed by atoms with Gasteiger partial charge in [0.25, 0.3) is 5.91 Å². The fourth-order valence-electron chi connectivity index (χ4n) is 1.84. The molecular weight excluding hydrogens is 294 g/mol. The van der Waals surface area contributed by atoms with Crippen LogP contribution in [0.15, 0.2) is 23.1 Å². The summed E-state index contributed by atoms with van der Waals surface area (Å²) in [6, 6.07) is 5.48. The van der Waals surface area contributed by atoms with Gasteiger partial charge in [-0.3, -0.25) is 9.69 Å². The third kappa shape index (κ3) is 2.96. The smallest absolute Gasteiger partial charge is 0.266 e. The lowest BCUT2D eigenvalue weighted by Crippen LogP contribution is -2.27. The van der Waals surface area contributed by atoms with Gasteiger partial charge in [-0.2, -0.15) is 0 Å². The number of ether oxygens (including phenoxy) is 2. The minimum atomic E-state index is -0.0516. The number of amides is 1. The Morgan fingerprint density at radius 1 is 1.25 bits per heavy atom. The summed E-state index contributed by atoms with van der Waals surface area (Å²) in [6.07, 6.45) is 1.81. The molecule has 0 bridgehead atoms. The van der Waals surface area contributed by atoms with E-state index in [0.717, 1.165) is 5.56 Å². The largest absolute Gasteiger partial charge is 0.497 e. The molecule has 1 fully saturated rings. The molecular formula is C14H15NO3S2. The number of carbonyl (C=O) groups is 1. The average molecular weight is 309 g/mol. The summed E-state index contributed by atoms with van der Waals surface area (Å²) in [6.45, 7) is 2.49. The summed E-state index contributed by atoms with van der Waals surface area (Å²) in [5, 5.41) is 0. The van der Waals surface area contributed by atoms with Crippen LogP contribution in [0.25, 0.3) is 6.08 Å². The van der Waals surface area contributed by atoms with Gasteiger partial charge in [0, 0.05) is 12.6 Å². The molecule has 0 radical (unpaired) electrons. The minimum absolute atomic E-state index is 0.0516. The van der Waals surface area contributed by atoms with Crippen molar-refractivity contribution in [3.8, 4) is 11.5 Å². The highest BCUT2D eigenvalue weighted by molar-refractivity contribution is 8.26. The van der Waals surface area contributed by atoms with Gasteiger partial charge in [-0.15, -0.1) is 0 Å². The van der Waals surface area contributed by atoms with Crippen molar-refractivity contribution in [2.75, 3.05) is 20.8 Å². The summed E-state index contributed by atoms with van der Waals surface area (Å²) in [7, 11) is 3.18. The zero-order chi connectivity index (χ0) is 14.7. The molecule has 20 heavy (non-hydrogen) atoms. The molecule has 4 nitrogen and oxygen atoms in total. The van der Waals surface area contributed by atoms with Gasteiger partial charge in [-0.1, -0.05) is 24.0 Å². The van der Waals surface area contributed by atoms with Crippen molar-refractivity contribution in [1.82, 2.24) is 4.90 Å². The molecule has 6 heteroatoms. The first-order chi connectivity index (χ1) is 9.58. The van der Waals surface area contributed by atoms with Crippen molar-refractivity contribution in [2.45, 2.75) is 6.92 Å². The first kappa shape index (κ1) is 14.9. The van der Waals surface area contributed by atoms with Gasteiger partial charge in [0.15, 0.2) is 0 Å². The van der Waals surface area contributed by atoms with Gasteiger partial charge in [0.05, 0.1) is 19.1 Å². The summed E-state index contributed by atoms with van der Waals surface area (Å²) < 4.78 is 11.0. The van der Waals surface area contributed by atoms with Gasteiger partial charge in [-0.05, 0) is 30.7 Å². The van der Waals surface area contributed by atoms with E-state index >= 15 is 0 Å². The summed E-state index contributed by atoms with van der Waals surface area (Å²) in [5.74, 6) is 1.31. The maximum atomic E-state index is 12.1. The van der Waals surface area contributed by atoms with Crippen LogP contribution >= 0.6 is 24.0 Å². The van der Waals surface area contributed by atoms with Gasteiger partial charge in [0.1, 0.15) is 15.8 Å². The van der Waals surface area contributed by atoms with E-state index < -0.39 is 0 Å². The molecule has 1 aliphatic heterocycles. The minimum Gasteiger partial charge on any atom is -0.497 e. The predicted octanol–water partition coefficient (Wildman–Crippen LogP) is 2.92. The average Bonchev–Trinajstić information content (AvgIpc) is 2.72. The lowest BCUT2D eigenvalue weighted by Gasteiger charge is -2.09. The molecule has 0 aliphatic carbocycles. The first-order valence-electron chi connectivity index (χ1n) is 6.07. The molecule has 1 aliphatic rings. The summed E-state index contributed by atoms with van der Waals surface area (Å²) >= 11 is 6.50. The van der Waals surface area contributed by atoms with Crippen LogP contribution in [0.3, 0.4) is 0 Å². The van der Waals surface area contributed by atoms with Crippen molar-refractivity contribution in [3.05, 3.63) is 28.7 Å². The second kappa shape index (κ2) is 6.28. The van der Waals surface area contributed by atoms with Crippen molar-refractivity contribution in [3.63, 3.8) is 0 Å². The Bertz CT molecular complexity index is 562. The molecule has 2 rings (SSSR count). The molecule has 0 atom stereocenters. The third-order valence-corrected chi connectivity index (χ3v) is 4.24. The molecule has 106 valence electrons. The highest BCUT2D eigenvalue weighted by Crippen LogP contribution is 2.33. The van der Waals surface area contributed by atoms with E-state index in [1.807, 2.05) is 19.1 Å². The van der Waals surface area contributed by atoms with Crippen LogP contribution < -0.4 is 9.47 Å². The van der Waals surface area contributed by atoms with Crippen LogP contribution in [-0.4, -0.2) is 35.9 Å². The van der Waals surface area contributed by atoms with Crippen molar-refractivity contribution < 1.29 is 14.3 Å². The number of benzene rings is 1. The standard InChI is InChI=1S/C14H15NO3S2/c1-4-15-13(16)12(20-14(15)19)7-9-5-10(17-2)8-11(6-9)18-3/h5-8H,4H2,1-3H3. The number of thioether (sulfide) groups is 1. The van der Waals surface area contributed by atoms with E-state index in [4.69, 9.17) is 21.7 Å². The number of nitrogens with zero attached hydrogens (tertiary/aromatic N) is 1. The van der Waals surface area contributed by atoms with Crippen molar-refractivity contribution in [1.29, 1.82) is 0 Å². The number of methoxy groups -OCH3 is 2. The number of thiocarbonyl (C=S) groups is 1. The molecule has 0 aromatic heterocycles. The Morgan fingerprint density at radius 2 is 1.85 bits per heavy atom. The molecule has 1 aromatic carbocycles. The Hall–Kier alpha value is -1.53. The van der Waals surface area contributed by atoms with Crippen LogP contribution in [0.5, 0.6) is 11.5 Å². The van der Waals surface area contributed by atoms with Crippen LogP contribution in [0.4, 0.5) is 0 Å². The molecule has 1 saturated heterocycles. The van der Waals surface area contributed by atoms with E-state index in [-0.39, 0.29) is 5.91 Å². The molecule has 0 saturated carbocycles. The second-order valence-electron chi connectivity index (χ2n) is 4.07. The van der Waals surface area contributed by atoms with Gasteiger partial charge in [0.2, 0.25) is 0 Å². The number of likely N-dealkylation sites (N-methyl/N-ethyl adjacent to an activating group) is 1. The van der Waals surface area contributed by atoms with E-state index in [2.05, 4.69) is 0 Å². The molecule has 1 aromatic rings. The lowest BCUT2D eigenvalue weighted by molar-refractivity contribution is -0.121. The molecule has 0 unspecified atom stereocenters. The molecule has 0 N–H and O–H groups in total. The van der Waals surface area contributed by atoms with Gasteiger partial charge >= 0.3 is 0 Å². The maximum Gasteiger partial charge on any atom is 0.266 e. The quantitative estimate of drug-likeness (QED) is 0.631. The van der Waals surface area contributed by atoms with Crippen molar-refractivity contribution >= 4 is 40.3 Å². The Labute approximate surface area is 127 Å².